The van der Waals surface area contributed by atoms with Crippen molar-refractivity contribution in [2.75, 3.05) is 13.2 Å². The van der Waals surface area contributed by atoms with Crippen molar-refractivity contribution in [3.8, 4) is 0 Å². The molecule has 0 saturated heterocycles. The van der Waals surface area contributed by atoms with Gasteiger partial charge in [0.15, 0.2) is 12.4 Å². The third kappa shape index (κ3) is 3.62. The predicted octanol–water partition coefficient (Wildman–Crippen LogP) is 0.452. The summed E-state index contributed by atoms with van der Waals surface area (Å²) in [5, 5.41) is 31.5. The molecule has 7 nitrogen and oxygen atoms in total. The van der Waals surface area contributed by atoms with E-state index in [1.807, 2.05) is 13.0 Å². The Kier molecular flexibility index (Phi) is 6.81. The van der Waals surface area contributed by atoms with Crippen LogP contribution in [-0.4, -0.2) is 87.3 Å². The number of hydrogen-bond acceptors (Lipinski definition) is 7. The molecule has 0 radical (unpaired) electrons. The third-order valence-electron chi connectivity index (χ3n) is 8.60. The van der Waals surface area contributed by atoms with E-state index in [4.69, 9.17) is 9.84 Å². The first-order valence-corrected chi connectivity index (χ1v) is 10.7. The van der Waals surface area contributed by atoms with Gasteiger partial charge >= 0.3 is 35.5 Å². The maximum atomic E-state index is 12.9. The summed E-state index contributed by atoms with van der Waals surface area (Å²) in [6, 6.07) is 0. The number of fused-ring (bicyclic) bond motifs is 5. The molecule has 4 rings (SSSR count). The molecule has 3 saturated carbocycles. The van der Waals surface area contributed by atoms with Crippen molar-refractivity contribution in [1.29, 1.82) is 0 Å². The van der Waals surface area contributed by atoms with Crippen LogP contribution in [0.1, 0.15) is 46.0 Å². The number of aliphatic hydroxyl groups is 3. The van der Waals surface area contributed by atoms with Crippen LogP contribution in [0.3, 0.4) is 0 Å². The molecule has 0 aliphatic heterocycles. The van der Waals surface area contributed by atoms with Crippen molar-refractivity contribution in [2.24, 2.45) is 28.6 Å². The molecule has 0 aromatic heterocycles. The van der Waals surface area contributed by atoms with Gasteiger partial charge in [0.1, 0.15) is 12.2 Å². The molecule has 166 valence electrons. The summed E-state index contributed by atoms with van der Waals surface area (Å²) in [5.74, 6) is -1.43. The van der Waals surface area contributed by atoms with Gasteiger partial charge in [-0.3, -0.25) is 9.59 Å². The van der Waals surface area contributed by atoms with Crippen molar-refractivity contribution >= 4 is 47.1 Å². The maximum absolute atomic E-state index is 12.9. The number of aliphatic hydroxyl groups excluding tert-OH is 2. The fourth-order valence-corrected chi connectivity index (χ4v) is 7.10. The number of carbonyl (C=O) groups is 3. The van der Waals surface area contributed by atoms with Gasteiger partial charge < -0.3 is 20.1 Å². The zero-order valence-electron chi connectivity index (χ0n) is 17.5. The molecule has 3 N–H and O–H groups in total. The Morgan fingerprint density at radius 3 is 2.65 bits per heavy atom. The first kappa shape index (κ1) is 24.8. The Hall–Kier alpha value is -0.830. The standard InChI is InChI=1S/C23H30O7.Na.H/c1-21-7-5-14(25)9-13(21)3-4-15-16-6-8-23(29,18(27)12-30-19(28)11-24)22(16,2)10-17(26)20(15)21;;/h5,7,9,15-17,20,24,26,29H,3-4,6,8,10-12H2,1-2H3;;/t15-,16-,17-,20+,21-,22-,23-;;/m0../s1. The second-order valence-corrected chi connectivity index (χ2v) is 9.85. The molecule has 0 bridgehead atoms. The van der Waals surface area contributed by atoms with E-state index in [0.717, 1.165) is 18.4 Å². The molecule has 31 heavy (non-hydrogen) atoms. The fourth-order valence-electron chi connectivity index (χ4n) is 7.10. The molecule has 0 aromatic carbocycles. The Balaban J connectivity index is 0.00000272. The second kappa shape index (κ2) is 8.50. The predicted molar refractivity (Wildman–Crippen MR) is 113 cm³/mol. The van der Waals surface area contributed by atoms with E-state index in [9.17, 15) is 24.6 Å². The first-order chi connectivity index (χ1) is 14.1. The van der Waals surface area contributed by atoms with Crippen LogP contribution >= 0.6 is 0 Å². The Morgan fingerprint density at radius 2 is 1.97 bits per heavy atom. The van der Waals surface area contributed by atoms with Gasteiger partial charge in [0.2, 0.25) is 5.78 Å². The van der Waals surface area contributed by atoms with Crippen molar-refractivity contribution < 1.29 is 34.4 Å². The minimum atomic E-state index is -1.69. The van der Waals surface area contributed by atoms with Gasteiger partial charge in [-0.25, -0.2) is 4.79 Å². The van der Waals surface area contributed by atoms with E-state index in [2.05, 4.69) is 6.92 Å². The summed E-state index contributed by atoms with van der Waals surface area (Å²) in [6.45, 7) is 2.53. The molecule has 8 heteroatoms. The van der Waals surface area contributed by atoms with Gasteiger partial charge in [0, 0.05) is 16.7 Å². The SMILES string of the molecule is C[C@]12C=CC(=O)C=C1CC[C@@H]1[C@@H]2[C@@H](O)C[C@@]2(C)[C@H]1CC[C@]2(O)C(=O)COC(=O)CO.[NaH]. The first-order valence-electron chi connectivity index (χ1n) is 10.7. The fraction of sp³-hybridized carbons (Fsp3) is 0.696. The van der Waals surface area contributed by atoms with Gasteiger partial charge in [-0.15, -0.1) is 0 Å². The number of hydrogen-bond donors (Lipinski definition) is 3. The summed E-state index contributed by atoms with van der Waals surface area (Å²) in [5.41, 5.74) is -1.87. The second-order valence-electron chi connectivity index (χ2n) is 9.85. The molecule has 0 aromatic rings. The molecular formula is C23H31NaO7. The number of rotatable bonds is 4. The normalized spacial score (nSPS) is 43.1. The summed E-state index contributed by atoms with van der Waals surface area (Å²) >= 11 is 0. The van der Waals surface area contributed by atoms with Crippen LogP contribution in [0.5, 0.6) is 0 Å². The average molecular weight is 442 g/mol. The zero-order valence-corrected chi connectivity index (χ0v) is 17.5. The number of carbonyl (C=O) groups excluding carboxylic acids is 3. The van der Waals surface area contributed by atoms with Crippen LogP contribution in [0, 0.1) is 28.6 Å². The molecule has 0 spiro atoms. The quantitative estimate of drug-likeness (QED) is 0.427. The molecule has 7 atom stereocenters. The van der Waals surface area contributed by atoms with Crippen LogP contribution in [0.15, 0.2) is 23.8 Å². The van der Waals surface area contributed by atoms with Crippen LogP contribution < -0.4 is 0 Å². The summed E-state index contributed by atoms with van der Waals surface area (Å²) in [6.07, 6.45) is 7.19. The number of esters is 1. The molecular weight excluding hydrogens is 411 g/mol. The van der Waals surface area contributed by atoms with E-state index >= 15 is 0 Å². The third-order valence-corrected chi connectivity index (χ3v) is 8.60. The van der Waals surface area contributed by atoms with Crippen molar-refractivity contribution in [3.63, 3.8) is 0 Å². The van der Waals surface area contributed by atoms with E-state index in [1.54, 1.807) is 12.2 Å². The monoisotopic (exact) mass is 442 g/mol. The summed E-state index contributed by atoms with van der Waals surface area (Å²) in [4.78, 5) is 36.0. The molecule has 3 fully saturated rings. The van der Waals surface area contributed by atoms with E-state index in [-0.39, 0.29) is 65.9 Å². The van der Waals surface area contributed by atoms with E-state index in [1.165, 1.54) is 0 Å². The van der Waals surface area contributed by atoms with Gasteiger partial charge in [-0.05, 0) is 56.1 Å². The van der Waals surface area contributed by atoms with Crippen LogP contribution in [0.2, 0.25) is 0 Å². The van der Waals surface area contributed by atoms with Gasteiger partial charge in [0.25, 0.3) is 0 Å². The number of ether oxygens (including phenoxy) is 1. The zero-order chi connectivity index (χ0) is 21.9. The Bertz CT molecular complexity index is 851. The summed E-state index contributed by atoms with van der Waals surface area (Å²) in [7, 11) is 0. The van der Waals surface area contributed by atoms with Crippen molar-refractivity contribution in [3.05, 3.63) is 23.8 Å². The average Bonchev–Trinajstić information content (AvgIpc) is 2.97. The molecule has 4 aliphatic carbocycles. The summed E-state index contributed by atoms with van der Waals surface area (Å²) < 4.78 is 4.78. The number of Topliss-reactive ketones (excluding diaryl/α,β-unsaturated/α-hetero) is 1. The van der Waals surface area contributed by atoms with E-state index < -0.39 is 47.5 Å². The van der Waals surface area contributed by atoms with Gasteiger partial charge in [-0.1, -0.05) is 25.5 Å². The molecule has 0 unspecified atom stereocenters. The van der Waals surface area contributed by atoms with Crippen LogP contribution in [0.4, 0.5) is 0 Å². The number of ketones is 2. The van der Waals surface area contributed by atoms with E-state index in [0.29, 0.717) is 6.42 Å². The Labute approximate surface area is 204 Å². The van der Waals surface area contributed by atoms with Gasteiger partial charge in [-0.2, -0.15) is 0 Å². The molecule has 0 amide bonds. The van der Waals surface area contributed by atoms with Gasteiger partial charge in [0.05, 0.1) is 6.10 Å². The molecule has 0 heterocycles. The number of allylic oxidation sites excluding steroid dienone is 4. The topological polar surface area (TPSA) is 121 Å². The minimum absolute atomic E-state index is 0. The van der Waals surface area contributed by atoms with Crippen molar-refractivity contribution in [2.45, 2.75) is 57.7 Å². The van der Waals surface area contributed by atoms with Crippen LogP contribution in [0.25, 0.3) is 0 Å². The van der Waals surface area contributed by atoms with Crippen LogP contribution in [-0.2, 0) is 19.1 Å². The Morgan fingerprint density at radius 1 is 1.26 bits per heavy atom. The molecule has 4 aliphatic rings. The van der Waals surface area contributed by atoms with Crippen molar-refractivity contribution in [1.82, 2.24) is 0 Å².